The number of primary amides is 1. The molecule has 94 valence electrons. The molecule has 0 radical (unpaired) electrons. The maximum absolute atomic E-state index is 11.2. The smallest absolute Gasteiger partial charge is 0.249 e. The number of carbonyl (C=O) groups excluding carboxylic acids is 1. The third-order valence-corrected chi connectivity index (χ3v) is 2.60. The minimum Gasteiger partial charge on any atom is -0.392 e. The number of aliphatic hydroxyl groups is 1. The van der Waals surface area contributed by atoms with Crippen molar-refractivity contribution in [3.63, 3.8) is 0 Å². The van der Waals surface area contributed by atoms with Crippen LogP contribution in [0.3, 0.4) is 0 Å². The zero-order valence-electron chi connectivity index (χ0n) is 10.1. The number of hydrogen-bond acceptors (Lipinski definition) is 3. The van der Waals surface area contributed by atoms with Crippen molar-refractivity contribution < 1.29 is 9.90 Å². The van der Waals surface area contributed by atoms with Gasteiger partial charge in [-0.2, -0.15) is 0 Å². The van der Waals surface area contributed by atoms with Gasteiger partial charge in [-0.25, -0.2) is 0 Å². The number of benzene rings is 1. The average molecular weight is 236 g/mol. The fraction of sp³-hybridized carbons (Fsp3) is 0.462. The van der Waals surface area contributed by atoms with Crippen LogP contribution >= 0.6 is 0 Å². The highest BCUT2D eigenvalue weighted by Crippen LogP contribution is 2.07. The predicted octanol–water partition coefficient (Wildman–Crippen LogP) is 1.04. The molecule has 0 bridgehead atoms. The zero-order chi connectivity index (χ0) is 12.7. The second-order valence-electron chi connectivity index (χ2n) is 4.09. The fourth-order valence-corrected chi connectivity index (χ4v) is 1.72. The van der Waals surface area contributed by atoms with Crippen LogP contribution < -0.4 is 11.1 Å². The first kappa shape index (κ1) is 13.7. The number of amides is 1. The van der Waals surface area contributed by atoms with Crippen molar-refractivity contribution in [1.82, 2.24) is 5.32 Å². The van der Waals surface area contributed by atoms with Crippen molar-refractivity contribution in [2.45, 2.75) is 32.4 Å². The quantitative estimate of drug-likeness (QED) is 0.662. The monoisotopic (exact) mass is 236 g/mol. The van der Waals surface area contributed by atoms with E-state index in [1.165, 1.54) is 0 Å². The molecule has 0 heterocycles. The van der Waals surface area contributed by atoms with Crippen molar-refractivity contribution in [1.29, 1.82) is 0 Å². The van der Waals surface area contributed by atoms with Crippen LogP contribution in [0.2, 0.25) is 0 Å². The summed E-state index contributed by atoms with van der Waals surface area (Å²) in [5, 5.41) is 12.7. The van der Waals surface area contributed by atoms with Gasteiger partial charge in [0.1, 0.15) is 0 Å². The van der Waals surface area contributed by atoms with E-state index in [1.54, 1.807) is 12.1 Å². The molecular weight excluding hydrogens is 216 g/mol. The zero-order valence-corrected chi connectivity index (χ0v) is 10.1. The summed E-state index contributed by atoms with van der Waals surface area (Å²) < 4.78 is 0. The molecule has 4 nitrogen and oxygen atoms in total. The molecule has 1 aromatic carbocycles. The van der Waals surface area contributed by atoms with Crippen molar-refractivity contribution in [2.24, 2.45) is 5.73 Å². The summed E-state index contributed by atoms with van der Waals surface area (Å²) in [6, 6.07) is 7.22. The molecule has 4 heteroatoms. The van der Waals surface area contributed by atoms with Gasteiger partial charge >= 0.3 is 0 Å². The first-order chi connectivity index (χ1) is 8.15. The fourth-order valence-electron chi connectivity index (χ4n) is 1.72. The van der Waals surface area contributed by atoms with E-state index in [9.17, 15) is 9.90 Å². The Bertz CT molecular complexity index is 366. The van der Waals surface area contributed by atoms with Gasteiger partial charge in [0.2, 0.25) is 5.91 Å². The summed E-state index contributed by atoms with van der Waals surface area (Å²) in [7, 11) is 0. The molecule has 0 aliphatic carbocycles. The highest BCUT2D eigenvalue weighted by atomic mass is 16.3. The molecule has 1 aromatic rings. The number of aliphatic hydroxyl groups excluding tert-OH is 1. The van der Waals surface area contributed by atoms with Gasteiger partial charge in [0.15, 0.2) is 0 Å². The summed E-state index contributed by atoms with van der Waals surface area (Å²) in [5.41, 5.74) is 6.67. The highest BCUT2D eigenvalue weighted by molar-refractivity contribution is 5.94. The number of nitrogens with two attached hydrogens (primary N) is 1. The van der Waals surface area contributed by atoms with Crippen LogP contribution in [0.4, 0.5) is 0 Å². The summed E-state index contributed by atoms with van der Waals surface area (Å²) in [5.74, 6) is -0.420. The predicted molar refractivity (Wildman–Crippen MR) is 67.6 cm³/mol. The minimum absolute atomic E-state index is 0.333. The second-order valence-corrected chi connectivity index (χ2v) is 4.09. The maximum Gasteiger partial charge on any atom is 0.249 e. The SMILES string of the molecule is CCCC(O)CNCc1ccccc1C(N)=O. The van der Waals surface area contributed by atoms with Crippen LogP contribution in [0, 0.1) is 0 Å². The van der Waals surface area contributed by atoms with Crippen LogP contribution in [0.5, 0.6) is 0 Å². The van der Waals surface area contributed by atoms with Crippen LogP contribution in [-0.2, 0) is 6.54 Å². The molecule has 17 heavy (non-hydrogen) atoms. The largest absolute Gasteiger partial charge is 0.392 e. The Kier molecular flexibility index (Phi) is 5.66. The van der Waals surface area contributed by atoms with Gasteiger partial charge in [-0.15, -0.1) is 0 Å². The molecular formula is C13H20N2O2. The Morgan fingerprint density at radius 2 is 2.18 bits per heavy atom. The Hall–Kier alpha value is -1.39. The molecule has 1 rings (SSSR count). The lowest BCUT2D eigenvalue weighted by atomic mass is 10.1. The minimum atomic E-state index is -0.420. The third-order valence-electron chi connectivity index (χ3n) is 2.60. The van der Waals surface area contributed by atoms with Crippen molar-refractivity contribution in [3.05, 3.63) is 35.4 Å². The first-order valence-electron chi connectivity index (χ1n) is 5.91. The Balaban J connectivity index is 2.49. The van der Waals surface area contributed by atoms with Gasteiger partial charge in [-0.1, -0.05) is 31.5 Å². The first-order valence-corrected chi connectivity index (χ1v) is 5.91. The Morgan fingerprint density at radius 3 is 2.82 bits per heavy atom. The second kappa shape index (κ2) is 7.04. The third kappa shape index (κ3) is 4.54. The molecule has 0 fully saturated rings. The van der Waals surface area contributed by atoms with Crippen LogP contribution in [-0.4, -0.2) is 23.7 Å². The van der Waals surface area contributed by atoms with Crippen LogP contribution in [0.1, 0.15) is 35.7 Å². The number of hydrogen-bond donors (Lipinski definition) is 3. The lowest BCUT2D eigenvalue weighted by Crippen LogP contribution is -2.27. The maximum atomic E-state index is 11.2. The Morgan fingerprint density at radius 1 is 1.47 bits per heavy atom. The van der Waals surface area contributed by atoms with Gasteiger partial charge in [-0.05, 0) is 18.1 Å². The Labute approximate surface area is 102 Å². The van der Waals surface area contributed by atoms with E-state index in [0.29, 0.717) is 18.7 Å². The molecule has 0 aromatic heterocycles. The van der Waals surface area contributed by atoms with E-state index < -0.39 is 5.91 Å². The topological polar surface area (TPSA) is 75.3 Å². The van der Waals surface area contributed by atoms with Gasteiger partial charge in [-0.3, -0.25) is 4.79 Å². The number of nitrogens with one attached hydrogen (secondary N) is 1. The molecule has 0 saturated heterocycles. The molecule has 1 atom stereocenters. The van der Waals surface area contributed by atoms with Gasteiger partial charge in [0, 0.05) is 18.7 Å². The lowest BCUT2D eigenvalue weighted by Gasteiger charge is -2.12. The van der Waals surface area contributed by atoms with E-state index in [1.807, 2.05) is 19.1 Å². The van der Waals surface area contributed by atoms with Crippen molar-refractivity contribution in [2.75, 3.05) is 6.54 Å². The molecule has 4 N–H and O–H groups in total. The summed E-state index contributed by atoms with van der Waals surface area (Å²) >= 11 is 0. The van der Waals surface area contributed by atoms with Gasteiger partial charge in [0.05, 0.1) is 6.10 Å². The highest BCUT2D eigenvalue weighted by Gasteiger charge is 2.07. The summed E-state index contributed by atoms with van der Waals surface area (Å²) in [4.78, 5) is 11.2. The summed E-state index contributed by atoms with van der Waals surface area (Å²) in [6.45, 7) is 3.10. The normalized spacial score (nSPS) is 12.4. The van der Waals surface area contributed by atoms with E-state index in [2.05, 4.69) is 5.32 Å². The number of carbonyl (C=O) groups is 1. The van der Waals surface area contributed by atoms with E-state index in [-0.39, 0.29) is 6.10 Å². The molecule has 0 aliphatic rings. The molecule has 0 saturated carbocycles. The van der Waals surface area contributed by atoms with Crippen LogP contribution in [0.25, 0.3) is 0 Å². The molecule has 1 amide bonds. The molecule has 0 aliphatic heterocycles. The molecule has 1 unspecified atom stereocenters. The van der Waals surface area contributed by atoms with Gasteiger partial charge < -0.3 is 16.2 Å². The van der Waals surface area contributed by atoms with E-state index >= 15 is 0 Å². The van der Waals surface area contributed by atoms with Crippen molar-refractivity contribution >= 4 is 5.91 Å². The van der Waals surface area contributed by atoms with Crippen molar-refractivity contribution in [3.8, 4) is 0 Å². The average Bonchev–Trinajstić information content (AvgIpc) is 2.30. The summed E-state index contributed by atoms with van der Waals surface area (Å²) in [6.07, 6.45) is 1.41. The van der Waals surface area contributed by atoms with E-state index in [4.69, 9.17) is 5.73 Å². The lowest BCUT2D eigenvalue weighted by molar-refractivity contribution is 0.0999. The molecule has 0 spiro atoms. The van der Waals surface area contributed by atoms with Crippen LogP contribution in [0.15, 0.2) is 24.3 Å². The van der Waals surface area contributed by atoms with E-state index in [0.717, 1.165) is 18.4 Å². The van der Waals surface area contributed by atoms with Gasteiger partial charge in [0.25, 0.3) is 0 Å². The number of rotatable bonds is 7. The standard InChI is InChI=1S/C13H20N2O2/c1-2-5-11(16)9-15-8-10-6-3-4-7-12(10)13(14)17/h3-4,6-7,11,15-16H,2,5,8-9H2,1H3,(H2,14,17).